The van der Waals surface area contributed by atoms with Gasteiger partial charge in [-0.25, -0.2) is 8.78 Å². The number of allylic oxidation sites excluding steroid dienone is 4. The molecule has 0 aromatic heterocycles. The first kappa shape index (κ1) is 8.34. The van der Waals surface area contributed by atoms with Crippen LogP contribution in [0.15, 0.2) is 23.3 Å². The van der Waals surface area contributed by atoms with Gasteiger partial charge in [0.05, 0.1) is 5.83 Å². The van der Waals surface area contributed by atoms with Crippen molar-refractivity contribution in [3.8, 4) is 0 Å². The second-order valence-corrected chi connectivity index (χ2v) is 2.08. The molecule has 0 rings (SSSR count). The van der Waals surface area contributed by atoms with E-state index in [1.807, 2.05) is 0 Å². The van der Waals surface area contributed by atoms with Crippen LogP contribution in [0.1, 0.15) is 20.8 Å². The van der Waals surface area contributed by atoms with E-state index in [0.717, 1.165) is 6.08 Å². The molecule has 0 fully saturated rings. The van der Waals surface area contributed by atoms with E-state index in [-0.39, 0.29) is 0 Å². The van der Waals surface area contributed by atoms with Crippen molar-refractivity contribution in [1.29, 1.82) is 0 Å². The van der Waals surface area contributed by atoms with Crippen LogP contribution in [0, 0.1) is 0 Å². The second kappa shape index (κ2) is 3.38. The number of halogens is 2. The van der Waals surface area contributed by atoms with Crippen molar-refractivity contribution in [2.24, 2.45) is 0 Å². The van der Waals surface area contributed by atoms with Crippen LogP contribution in [-0.4, -0.2) is 0 Å². The largest absolute Gasteiger partial charge is 0.212 e. The first-order valence-corrected chi connectivity index (χ1v) is 2.71. The predicted octanol–water partition coefficient (Wildman–Crippen LogP) is 3.12. The predicted molar refractivity (Wildman–Crippen MR) is 34.3 cm³/mol. The standard InChI is InChI=1S/C7H10F2/c1-5(2)7(9)4-6(3)8/h4H,1-3H3/b6-4+. The van der Waals surface area contributed by atoms with Gasteiger partial charge in [0.2, 0.25) is 0 Å². The van der Waals surface area contributed by atoms with Gasteiger partial charge in [-0.15, -0.1) is 0 Å². The summed E-state index contributed by atoms with van der Waals surface area (Å²) in [5.41, 5.74) is 0.493. The number of hydrogen-bond acceptors (Lipinski definition) is 0. The van der Waals surface area contributed by atoms with Gasteiger partial charge in [0.1, 0.15) is 5.83 Å². The molecule has 2 heteroatoms. The quantitative estimate of drug-likeness (QED) is 0.481. The Hall–Kier alpha value is -0.660. The zero-order chi connectivity index (χ0) is 7.44. The van der Waals surface area contributed by atoms with Crippen LogP contribution < -0.4 is 0 Å². The Morgan fingerprint density at radius 2 is 1.56 bits per heavy atom. The van der Waals surface area contributed by atoms with Crippen molar-refractivity contribution in [3.63, 3.8) is 0 Å². The van der Waals surface area contributed by atoms with Crippen molar-refractivity contribution in [2.75, 3.05) is 0 Å². The second-order valence-electron chi connectivity index (χ2n) is 2.08. The molecule has 0 radical (unpaired) electrons. The highest BCUT2D eigenvalue weighted by molar-refractivity contribution is 5.17. The lowest BCUT2D eigenvalue weighted by Gasteiger charge is -1.89. The maximum Gasteiger partial charge on any atom is 0.124 e. The van der Waals surface area contributed by atoms with Crippen LogP contribution >= 0.6 is 0 Å². The topological polar surface area (TPSA) is 0 Å². The van der Waals surface area contributed by atoms with E-state index in [2.05, 4.69) is 0 Å². The maximum absolute atomic E-state index is 12.3. The van der Waals surface area contributed by atoms with E-state index >= 15 is 0 Å². The minimum atomic E-state index is -0.506. The summed E-state index contributed by atoms with van der Waals surface area (Å²) in [6.07, 6.45) is 0.870. The van der Waals surface area contributed by atoms with Gasteiger partial charge >= 0.3 is 0 Å². The van der Waals surface area contributed by atoms with Crippen molar-refractivity contribution in [2.45, 2.75) is 20.8 Å². The molecule has 0 aliphatic rings. The fraction of sp³-hybridized carbons (Fsp3) is 0.429. The van der Waals surface area contributed by atoms with E-state index in [0.29, 0.717) is 5.57 Å². The molecule has 0 spiro atoms. The molecule has 0 saturated heterocycles. The van der Waals surface area contributed by atoms with E-state index in [1.54, 1.807) is 13.8 Å². The highest BCUT2D eigenvalue weighted by Crippen LogP contribution is 2.09. The molecular formula is C7H10F2. The maximum atomic E-state index is 12.3. The van der Waals surface area contributed by atoms with Gasteiger partial charge in [0.25, 0.3) is 0 Å². The monoisotopic (exact) mass is 132 g/mol. The van der Waals surface area contributed by atoms with Crippen molar-refractivity contribution >= 4 is 0 Å². The molecule has 0 aliphatic heterocycles. The minimum absolute atomic E-state index is 0.491. The van der Waals surface area contributed by atoms with E-state index in [4.69, 9.17) is 0 Å². The average molecular weight is 132 g/mol. The van der Waals surface area contributed by atoms with Crippen LogP contribution in [0.4, 0.5) is 8.78 Å². The molecule has 0 unspecified atom stereocenters. The molecule has 0 nitrogen and oxygen atoms in total. The third kappa shape index (κ3) is 3.88. The minimum Gasteiger partial charge on any atom is -0.212 e. The number of rotatable bonds is 1. The summed E-state index contributed by atoms with van der Waals surface area (Å²) < 4.78 is 24.2. The average Bonchev–Trinajstić information content (AvgIpc) is 1.63. The Morgan fingerprint density at radius 3 is 1.67 bits per heavy atom. The highest BCUT2D eigenvalue weighted by atomic mass is 19.1. The van der Waals surface area contributed by atoms with Crippen LogP contribution in [0.3, 0.4) is 0 Å². The molecule has 0 amide bonds. The third-order valence-corrected chi connectivity index (χ3v) is 0.803. The molecule has 0 bridgehead atoms. The van der Waals surface area contributed by atoms with Crippen LogP contribution in [0.25, 0.3) is 0 Å². The molecule has 9 heavy (non-hydrogen) atoms. The molecular weight excluding hydrogens is 122 g/mol. The summed E-state index contributed by atoms with van der Waals surface area (Å²) in [5, 5.41) is 0. The van der Waals surface area contributed by atoms with Gasteiger partial charge in [-0.1, -0.05) is 0 Å². The van der Waals surface area contributed by atoms with Gasteiger partial charge in [-0.2, -0.15) is 0 Å². The molecule has 0 aromatic rings. The zero-order valence-electron chi connectivity index (χ0n) is 5.83. The summed E-state index contributed by atoms with van der Waals surface area (Å²) in [5.74, 6) is -0.997. The molecule has 0 aromatic carbocycles. The van der Waals surface area contributed by atoms with Crippen molar-refractivity contribution in [3.05, 3.63) is 23.3 Å². The van der Waals surface area contributed by atoms with Crippen molar-refractivity contribution < 1.29 is 8.78 Å². The Balaban J connectivity index is 4.25. The fourth-order valence-corrected chi connectivity index (χ4v) is 0.319. The molecule has 52 valence electrons. The summed E-state index contributed by atoms with van der Waals surface area (Å²) in [6.45, 7) is 4.39. The lowest BCUT2D eigenvalue weighted by molar-refractivity contribution is 0.609. The summed E-state index contributed by atoms with van der Waals surface area (Å²) in [4.78, 5) is 0. The highest BCUT2D eigenvalue weighted by Gasteiger charge is 1.91. The molecule has 0 saturated carbocycles. The summed E-state index contributed by atoms with van der Waals surface area (Å²) >= 11 is 0. The van der Waals surface area contributed by atoms with Gasteiger partial charge in [-0.3, -0.25) is 0 Å². The zero-order valence-corrected chi connectivity index (χ0v) is 5.83. The number of hydrogen-bond donors (Lipinski definition) is 0. The third-order valence-electron chi connectivity index (χ3n) is 0.803. The van der Waals surface area contributed by atoms with E-state index < -0.39 is 11.7 Å². The SMILES string of the molecule is CC(C)=C(F)/C=C(\C)F. The van der Waals surface area contributed by atoms with Gasteiger partial charge in [0.15, 0.2) is 0 Å². The Kier molecular flexibility index (Phi) is 3.13. The first-order chi connectivity index (χ1) is 4.04. The summed E-state index contributed by atoms with van der Waals surface area (Å²) in [6, 6.07) is 0. The van der Waals surface area contributed by atoms with E-state index in [1.165, 1.54) is 6.92 Å². The van der Waals surface area contributed by atoms with Gasteiger partial charge in [0, 0.05) is 6.08 Å². The Morgan fingerprint density at radius 1 is 1.11 bits per heavy atom. The van der Waals surface area contributed by atoms with Crippen LogP contribution in [-0.2, 0) is 0 Å². The van der Waals surface area contributed by atoms with Gasteiger partial charge < -0.3 is 0 Å². The summed E-state index contributed by atoms with van der Waals surface area (Å²) in [7, 11) is 0. The van der Waals surface area contributed by atoms with E-state index in [9.17, 15) is 8.78 Å². The fourth-order valence-electron chi connectivity index (χ4n) is 0.319. The molecule has 0 N–H and O–H groups in total. The van der Waals surface area contributed by atoms with Crippen LogP contribution in [0.5, 0.6) is 0 Å². The Labute approximate surface area is 53.9 Å². The lowest BCUT2D eigenvalue weighted by Crippen LogP contribution is -1.71. The first-order valence-electron chi connectivity index (χ1n) is 2.71. The van der Waals surface area contributed by atoms with Crippen LogP contribution in [0.2, 0.25) is 0 Å². The van der Waals surface area contributed by atoms with Gasteiger partial charge in [-0.05, 0) is 26.3 Å². The molecule has 0 aliphatic carbocycles. The van der Waals surface area contributed by atoms with Crippen molar-refractivity contribution in [1.82, 2.24) is 0 Å². The molecule has 0 atom stereocenters. The Bertz CT molecular complexity index is 146. The lowest BCUT2D eigenvalue weighted by atomic mass is 10.3. The smallest absolute Gasteiger partial charge is 0.124 e. The normalized spacial score (nSPS) is 11.4. The molecule has 0 heterocycles.